The molecule has 0 aliphatic carbocycles. The molecule has 0 radical (unpaired) electrons. The zero-order valence-electron chi connectivity index (χ0n) is 17.9. The zero-order chi connectivity index (χ0) is 21.1. The van der Waals surface area contributed by atoms with Crippen molar-refractivity contribution in [3.63, 3.8) is 0 Å². The van der Waals surface area contributed by atoms with Crippen molar-refractivity contribution in [3.8, 4) is 0 Å². The molecule has 0 aromatic heterocycles. The van der Waals surface area contributed by atoms with E-state index in [-0.39, 0.29) is 30.2 Å². The van der Waals surface area contributed by atoms with Crippen LogP contribution in [0.5, 0.6) is 0 Å². The zero-order valence-corrected chi connectivity index (χ0v) is 17.9. The Bertz CT molecular complexity index is 906. The molecule has 2 saturated heterocycles. The van der Waals surface area contributed by atoms with Crippen LogP contribution in [0.4, 0.5) is 5.69 Å². The van der Waals surface area contributed by atoms with E-state index in [2.05, 4.69) is 34.5 Å². The van der Waals surface area contributed by atoms with Gasteiger partial charge in [0.15, 0.2) is 0 Å². The van der Waals surface area contributed by atoms with E-state index in [0.29, 0.717) is 13.1 Å². The molecular weight excluding hydrogens is 374 g/mol. The molecule has 2 heterocycles. The smallest absolute Gasteiger partial charge is 0.227 e. The van der Waals surface area contributed by atoms with Crippen LogP contribution >= 0.6 is 0 Å². The molecule has 2 aliphatic heterocycles. The fourth-order valence-corrected chi connectivity index (χ4v) is 4.67. The first kappa shape index (κ1) is 20.6. The molecule has 0 spiro atoms. The summed E-state index contributed by atoms with van der Waals surface area (Å²) in [5.74, 6) is -0.285. The molecule has 158 valence electrons. The van der Waals surface area contributed by atoms with Crippen LogP contribution in [-0.4, -0.2) is 42.9 Å². The number of carbonyl (C=O) groups is 2. The summed E-state index contributed by atoms with van der Waals surface area (Å²) in [5, 5.41) is 3.16. The van der Waals surface area contributed by atoms with Gasteiger partial charge in [-0.05, 0) is 62.5 Å². The lowest BCUT2D eigenvalue weighted by Gasteiger charge is -2.28. The van der Waals surface area contributed by atoms with Crippen molar-refractivity contribution in [1.29, 1.82) is 0 Å². The fraction of sp³-hybridized carbons (Fsp3) is 0.440. The van der Waals surface area contributed by atoms with Gasteiger partial charge in [-0.25, -0.2) is 0 Å². The van der Waals surface area contributed by atoms with Crippen molar-refractivity contribution in [2.75, 3.05) is 31.1 Å². The Labute approximate surface area is 179 Å². The summed E-state index contributed by atoms with van der Waals surface area (Å²) >= 11 is 0. The van der Waals surface area contributed by atoms with Gasteiger partial charge in [0.2, 0.25) is 11.8 Å². The lowest BCUT2D eigenvalue weighted by atomic mass is 10.0. The normalized spacial score (nSPS) is 20.5. The van der Waals surface area contributed by atoms with Crippen LogP contribution in [0.1, 0.15) is 42.0 Å². The predicted molar refractivity (Wildman–Crippen MR) is 119 cm³/mol. The average molecular weight is 406 g/mol. The first-order valence-electron chi connectivity index (χ1n) is 11.0. The van der Waals surface area contributed by atoms with E-state index in [4.69, 9.17) is 0 Å². The lowest BCUT2D eigenvalue weighted by molar-refractivity contribution is -0.126. The highest BCUT2D eigenvalue weighted by Gasteiger charge is 2.36. The summed E-state index contributed by atoms with van der Waals surface area (Å²) < 4.78 is 0. The topological polar surface area (TPSA) is 52.7 Å². The van der Waals surface area contributed by atoms with Gasteiger partial charge in [0.25, 0.3) is 0 Å². The molecule has 2 atom stereocenters. The second-order valence-electron chi connectivity index (χ2n) is 8.54. The van der Waals surface area contributed by atoms with Crippen LogP contribution < -0.4 is 10.2 Å². The predicted octanol–water partition coefficient (Wildman–Crippen LogP) is 3.61. The molecule has 2 fully saturated rings. The van der Waals surface area contributed by atoms with E-state index in [9.17, 15) is 9.59 Å². The molecular formula is C25H31N3O2. The number of hydrogen-bond acceptors (Lipinski definition) is 3. The van der Waals surface area contributed by atoms with Gasteiger partial charge in [-0.3, -0.25) is 14.5 Å². The van der Waals surface area contributed by atoms with E-state index >= 15 is 0 Å². The minimum Gasteiger partial charge on any atom is -0.354 e. The Morgan fingerprint density at radius 1 is 1.07 bits per heavy atom. The lowest BCUT2D eigenvalue weighted by Crippen LogP contribution is -2.40. The van der Waals surface area contributed by atoms with Crippen molar-refractivity contribution in [2.24, 2.45) is 5.92 Å². The molecule has 30 heavy (non-hydrogen) atoms. The largest absolute Gasteiger partial charge is 0.354 e. The van der Waals surface area contributed by atoms with E-state index in [1.807, 2.05) is 38.1 Å². The maximum atomic E-state index is 13.0. The molecule has 0 bridgehead atoms. The number of benzene rings is 2. The highest BCUT2D eigenvalue weighted by Crippen LogP contribution is 2.30. The summed E-state index contributed by atoms with van der Waals surface area (Å²) in [7, 11) is 0. The summed E-state index contributed by atoms with van der Waals surface area (Å²) in [4.78, 5) is 29.9. The van der Waals surface area contributed by atoms with Crippen LogP contribution in [0.25, 0.3) is 0 Å². The van der Waals surface area contributed by atoms with Gasteiger partial charge in [-0.1, -0.05) is 42.5 Å². The standard InChI is InChI=1S/C25H31N3O2/c1-18-9-8-12-22(19(18)2)28-17-21(15-24(28)29)25(30)26-16-23(27-13-6-7-14-27)20-10-4-3-5-11-20/h3-5,8-12,21,23H,6-7,13-17H2,1-2H3,(H,26,30). The molecule has 5 nitrogen and oxygen atoms in total. The fourth-order valence-electron chi connectivity index (χ4n) is 4.67. The Hall–Kier alpha value is -2.66. The molecule has 2 aromatic rings. The van der Waals surface area contributed by atoms with Crippen molar-refractivity contribution in [2.45, 2.75) is 39.2 Å². The number of amides is 2. The highest BCUT2D eigenvalue weighted by atomic mass is 16.2. The molecule has 1 N–H and O–H groups in total. The van der Waals surface area contributed by atoms with Crippen LogP contribution in [0.2, 0.25) is 0 Å². The molecule has 2 aromatic carbocycles. The second kappa shape index (κ2) is 9.00. The number of nitrogens with one attached hydrogen (secondary N) is 1. The first-order valence-corrected chi connectivity index (χ1v) is 11.0. The number of anilines is 1. The summed E-state index contributed by atoms with van der Waals surface area (Å²) in [6.45, 7) is 7.25. The van der Waals surface area contributed by atoms with Crippen molar-refractivity contribution >= 4 is 17.5 Å². The van der Waals surface area contributed by atoms with Crippen molar-refractivity contribution < 1.29 is 9.59 Å². The Kier molecular flexibility index (Phi) is 6.18. The van der Waals surface area contributed by atoms with E-state index in [0.717, 1.165) is 29.9 Å². The van der Waals surface area contributed by atoms with Gasteiger partial charge in [0.1, 0.15) is 0 Å². The van der Waals surface area contributed by atoms with Gasteiger partial charge >= 0.3 is 0 Å². The van der Waals surface area contributed by atoms with Gasteiger partial charge in [-0.15, -0.1) is 0 Å². The Morgan fingerprint density at radius 3 is 2.53 bits per heavy atom. The van der Waals surface area contributed by atoms with Crippen molar-refractivity contribution in [3.05, 3.63) is 65.2 Å². The van der Waals surface area contributed by atoms with E-state index in [1.165, 1.54) is 18.4 Å². The van der Waals surface area contributed by atoms with E-state index in [1.54, 1.807) is 4.90 Å². The number of hydrogen-bond donors (Lipinski definition) is 1. The number of nitrogens with zero attached hydrogens (tertiary/aromatic N) is 2. The third kappa shape index (κ3) is 4.26. The molecule has 2 unspecified atom stereocenters. The Balaban J connectivity index is 1.42. The van der Waals surface area contributed by atoms with Gasteiger partial charge in [0, 0.05) is 25.2 Å². The quantitative estimate of drug-likeness (QED) is 0.799. The number of likely N-dealkylation sites (tertiary alicyclic amines) is 1. The molecule has 2 amide bonds. The highest BCUT2D eigenvalue weighted by molar-refractivity contribution is 6.00. The maximum absolute atomic E-state index is 13.0. The molecule has 2 aliphatic rings. The summed E-state index contributed by atoms with van der Waals surface area (Å²) in [6, 6.07) is 16.6. The minimum atomic E-state index is -0.299. The second-order valence-corrected chi connectivity index (χ2v) is 8.54. The number of rotatable bonds is 6. The molecule has 5 heteroatoms. The van der Waals surface area contributed by atoms with Crippen LogP contribution in [0, 0.1) is 19.8 Å². The molecule has 4 rings (SSSR count). The van der Waals surface area contributed by atoms with E-state index < -0.39 is 0 Å². The van der Waals surface area contributed by atoms with Gasteiger partial charge in [0.05, 0.1) is 12.0 Å². The van der Waals surface area contributed by atoms with Gasteiger partial charge < -0.3 is 10.2 Å². The van der Waals surface area contributed by atoms with Crippen molar-refractivity contribution in [1.82, 2.24) is 10.2 Å². The summed E-state index contributed by atoms with van der Waals surface area (Å²) in [5.41, 5.74) is 4.42. The average Bonchev–Trinajstić information content (AvgIpc) is 3.41. The van der Waals surface area contributed by atoms with Crippen LogP contribution in [-0.2, 0) is 9.59 Å². The summed E-state index contributed by atoms with van der Waals surface area (Å²) in [6.07, 6.45) is 2.69. The third-order valence-electron chi connectivity index (χ3n) is 6.60. The monoisotopic (exact) mass is 405 g/mol. The minimum absolute atomic E-state index is 0.0173. The molecule has 0 saturated carbocycles. The Morgan fingerprint density at radius 2 is 1.80 bits per heavy atom. The van der Waals surface area contributed by atoms with Crippen LogP contribution in [0.3, 0.4) is 0 Å². The third-order valence-corrected chi connectivity index (χ3v) is 6.60. The number of carbonyl (C=O) groups excluding carboxylic acids is 2. The van der Waals surface area contributed by atoms with Crippen LogP contribution in [0.15, 0.2) is 48.5 Å². The number of aryl methyl sites for hydroxylation is 1. The maximum Gasteiger partial charge on any atom is 0.227 e. The first-order chi connectivity index (χ1) is 14.5. The van der Waals surface area contributed by atoms with Gasteiger partial charge in [-0.2, -0.15) is 0 Å². The SMILES string of the molecule is Cc1cccc(N2CC(C(=O)NCC(c3ccccc3)N3CCCC3)CC2=O)c1C.